The molecule has 2 rings (SSSR count). The van der Waals surface area contributed by atoms with Gasteiger partial charge in [-0.2, -0.15) is 0 Å². The van der Waals surface area contributed by atoms with Gasteiger partial charge < -0.3 is 5.11 Å². The van der Waals surface area contributed by atoms with Gasteiger partial charge in [0.25, 0.3) is 5.92 Å². The Bertz CT molecular complexity index is 462. The Hall–Kier alpha value is -0.970. The second kappa shape index (κ2) is 5.19. The van der Waals surface area contributed by atoms with E-state index < -0.39 is 17.3 Å². The van der Waals surface area contributed by atoms with Crippen LogP contribution < -0.4 is 0 Å². The lowest BCUT2D eigenvalue weighted by Gasteiger charge is -2.31. The van der Waals surface area contributed by atoms with Crippen molar-refractivity contribution < 1.29 is 18.7 Å². The third kappa shape index (κ3) is 3.14. The van der Waals surface area contributed by atoms with E-state index in [1.165, 1.54) is 0 Å². The molecule has 0 bridgehead atoms. The molecule has 1 fully saturated rings. The van der Waals surface area contributed by atoms with E-state index in [1.54, 1.807) is 18.4 Å². The molecule has 106 valence electrons. The number of carboxylic acids is 1. The molecule has 1 saturated carbocycles. The average Bonchev–Trinajstić information content (AvgIpc) is 2.86. The molecule has 1 aromatic heterocycles. The molecule has 2 nitrogen and oxygen atoms in total. The summed E-state index contributed by atoms with van der Waals surface area (Å²) in [6, 6.07) is 1.69. The SMILES string of the molecule is Cc1ccsc1C(F)(F)CC1(CC(=O)O)CCCC1. The summed E-state index contributed by atoms with van der Waals surface area (Å²) in [5.74, 6) is -3.89. The number of alkyl halides is 2. The monoisotopic (exact) mass is 288 g/mol. The van der Waals surface area contributed by atoms with Gasteiger partial charge in [0.2, 0.25) is 0 Å². The van der Waals surface area contributed by atoms with Crippen molar-refractivity contribution in [1.29, 1.82) is 0 Å². The first kappa shape index (κ1) is 14.4. The zero-order chi connectivity index (χ0) is 14.1. The van der Waals surface area contributed by atoms with Crippen LogP contribution in [-0.2, 0) is 10.7 Å². The molecule has 1 N–H and O–H groups in total. The van der Waals surface area contributed by atoms with Crippen LogP contribution in [0.15, 0.2) is 11.4 Å². The Kier molecular flexibility index (Phi) is 3.95. The normalized spacial score (nSPS) is 18.7. The standard InChI is InChI=1S/C14H18F2O2S/c1-10-4-7-19-12(10)14(15,16)9-13(8-11(17)18)5-2-3-6-13/h4,7H,2-3,5-6,8-9H2,1H3,(H,17,18). The molecule has 0 spiro atoms. The number of carboxylic acid groups (broad SMARTS) is 1. The van der Waals surface area contributed by atoms with Gasteiger partial charge in [-0.15, -0.1) is 11.3 Å². The number of hydrogen-bond acceptors (Lipinski definition) is 2. The molecule has 1 aliphatic carbocycles. The maximum absolute atomic E-state index is 14.4. The van der Waals surface area contributed by atoms with Gasteiger partial charge >= 0.3 is 5.97 Å². The summed E-state index contributed by atoms with van der Waals surface area (Å²) in [7, 11) is 0. The number of thiophene rings is 1. The van der Waals surface area contributed by atoms with Crippen molar-refractivity contribution in [3.05, 3.63) is 21.9 Å². The smallest absolute Gasteiger partial charge is 0.303 e. The highest BCUT2D eigenvalue weighted by Gasteiger charge is 2.46. The van der Waals surface area contributed by atoms with Crippen LogP contribution in [0, 0.1) is 12.3 Å². The topological polar surface area (TPSA) is 37.3 Å². The second-order valence-electron chi connectivity index (χ2n) is 5.59. The second-order valence-corrected chi connectivity index (χ2v) is 6.51. The lowest BCUT2D eigenvalue weighted by atomic mass is 9.77. The molecule has 0 amide bonds. The van der Waals surface area contributed by atoms with E-state index >= 15 is 0 Å². The minimum absolute atomic E-state index is 0.0872. The fraction of sp³-hybridized carbons (Fsp3) is 0.643. The molecule has 0 atom stereocenters. The molecule has 5 heteroatoms. The van der Waals surface area contributed by atoms with Crippen LogP contribution >= 0.6 is 11.3 Å². The van der Waals surface area contributed by atoms with Gasteiger partial charge in [0.05, 0.1) is 11.3 Å². The van der Waals surface area contributed by atoms with Crippen molar-refractivity contribution in [2.75, 3.05) is 0 Å². The third-order valence-electron chi connectivity index (χ3n) is 3.98. The zero-order valence-electron chi connectivity index (χ0n) is 10.9. The lowest BCUT2D eigenvalue weighted by molar-refractivity contribution is -0.141. The first-order valence-corrected chi connectivity index (χ1v) is 7.37. The van der Waals surface area contributed by atoms with Crippen LogP contribution in [0.1, 0.15) is 49.0 Å². The number of carbonyl (C=O) groups is 1. The van der Waals surface area contributed by atoms with Gasteiger partial charge in [-0.3, -0.25) is 4.79 Å². The number of aliphatic carboxylic acids is 1. The molecule has 19 heavy (non-hydrogen) atoms. The average molecular weight is 288 g/mol. The van der Waals surface area contributed by atoms with Crippen molar-refractivity contribution in [3.63, 3.8) is 0 Å². The zero-order valence-corrected chi connectivity index (χ0v) is 11.7. The summed E-state index contributed by atoms with van der Waals surface area (Å²) < 4.78 is 28.8. The van der Waals surface area contributed by atoms with E-state index in [2.05, 4.69) is 0 Å². The first-order chi connectivity index (χ1) is 8.85. The van der Waals surface area contributed by atoms with Crippen LogP contribution in [0.4, 0.5) is 8.78 Å². The molecule has 0 saturated heterocycles. The summed E-state index contributed by atoms with van der Waals surface area (Å²) in [6.45, 7) is 1.68. The highest BCUT2D eigenvalue weighted by Crippen LogP contribution is 2.52. The molecule has 0 unspecified atom stereocenters. The molecule has 1 heterocycles. The quantitative estimate of drug-likeness (QED) is 0.861. The van der Waals surface area contributed by atoms with Crippen LogP contribution in [0.3, 0.4) is 0 Å². The summed E-state index contributed by atoms with van der Waals surface area (Å²) in [6.07, 6.45) is 2.42. The Morgan fingerprint density at radius 3 is 2.58 bits per heavy atom. The van der Waals surface area contributed by atoms with E-state index in [9.17, 15) is 13.6 Å². The van der Waals surface area contributed by atoms with E-state index in [4.69, 9.17) is 5.11 Å². The summed E-state index contributed by atoms with van der Waals surface area (Å²) >= 11 is 1.06. The third-order valence-corrected chi connectivity index (χ3v) is 5.11. The van der Waals surface area contributed by atoms with Crippen molar-refractivity contribution in [1.82, 2.24) is 0 Å². The van der Waals surface area contributed by atoms with Gasteiger partial charge in [-0.05, 0) is 42.2 Å². The number of halogens is 2. The van der Waals surface area contributed by atoms with E-state index in [0.717, 1.165) is 24.2 Å². The molecule has 1 aromatic rings. The highest BCUT2D eigenvalue weighted by atomic mass is 32.1. The number of rotatable bonds is 5. The van der Waals surface area contributed by atoms with Crippen molar-refractivity contribution in [2.24, 2.45) is 5.41 Å². The lowest BCUT2D eigenvalue weighted by Crippen LogP contribution is -2.29. The minimum Gasteiger partial charge on any atom is -0.481 e. The molecule has 0 aliphatic heterocycles. The molecule has 1 aliphatic rings. The summed E-state index contributed by atoms with van der Waals surface area (Å²) in [5.41, 5.74) is -0.135. The molecule has 0 radical (unpaired) electrons. The maximum Gasteiger partial charge on any atom is 0.303 e. The maximum atomic E-state index is 14.4. The Balaban J connectivity index is 2.21. The van der Waals surface area contributed by atoms with E-state index in [-0.39, 0.29) is 17.7 Å². The largest absolute Gasteiger partial charge is 0.481 e. The van der Waals surface area contributed by atoms with Crippen molar-refractivity contribution in [2.45, 2.75) is 51.4 Å². The predicted octanol–water partition coefficient (Wildman–Crippen LogP) is 4.57. The van der Waals surface area contributed by atoms with Gasteiger partial charge in [-0.1, -0.05) is 12.8 Å². The van der Waals surface area contributed by atoms with Gasteiger partial charge in [0.1, 0.15) is 0 Å². The highest BCUT2D eigenvalue weighted by molar-refractivity contribution is 7.10. The van der Waals surface area contributed by atoms with E-state index in [1.807, 2.05) is 0 Å². The van der Waals surface area contributed by atoms with E-state index in [0.29, 0.717) is 18.4 Å². The van der Waals surface area contributed by atoms with Gasteiger partial charge in [-0.25, -0.2) is 8.78 Å². The molecule has 0 aromatic carbocycles. The predicted molar refractivity (Wildman–Crippen MR) is 70.7 cm³/mol. The van der Waals surface area contributed by atoms with Crippen LogP contribution in [0.25, 0.3) is 0 Å². The van der Waals surface area contributed by atoms with Crippen molar-refractivity contribution in [3.8, 4) is 0 Å². The van der Waals surface area contributed by atoms with Gasteiger partial charge in [0, 0.05) is 6.42 Å². The Labute approximate surface area is 115 Å². The van der Waals surface area contributed by atoms with Crippen LogP contribution in [0.2, 0.25) is 0 Å². The minimum atomic E-state index is -2.92. The fourth-order valence-electron chi connectivity index (χ4n) is 3.16. The Morgan fingerprint density at radius 2 is 2.11 bits per heavy atom. The number of aryl methyl sites for hydroxylation is 1. The molecular formula is C14H18F2O2S. The first-order valence-electron chi connectivity index (χ1n) is 6.49. The summed E-state index contributed by atoms with van der Waals surface area (Å²) in [5, 5.41) is 10.6. The van der Waals surface area contributed by atoms with Gasteiger partial charge in [0.15, 0.2) is 0 Å². The Morgan fingerprint density at radius 1 is 1.47 bits per heavy atom. The fourth-order valence-corrected chi connectivity index (χ4v) is 4.07. The summed E-state index contributed by atoms with van der Waals surface area (Å²) in [4.78, 5) is 11.0. The number of hydrogen-bond donors (Lipinski definition) is 1. The van der Waals surface area contributed by atoms with Crippen LogP contribution in [-0.4, -0.2) is 11.1 Å². The van der Waals surface area contributed by atoms with Crippen molar-refractivity contribution >= 4 is 17.3 Å². The van der Waals surface area contributed by atoms with Crippen LogP contribution in [0.5, 0.6) is 0 Å². The molecular weight excluding hydrogens is 270 g/mol.